The molecule has 0 bridgehead atoms. The number of nitrogens with zero attached hydrogens (tertiary/aromatic N) is 1. The molecule has 1 aliphatic rings. The van der Waals surface area contributed by atoms with Gasteiger partial charge in [0.05, 0.1) is 22.4 Å². The average Bonchev–Trinajstić information content (AvgIpc) is 3.56. The number of thiophene rings is 1. The lowest BCUT2D eigenvalue weighted by molar-refractivity contribution is 0.0686. The van der Waals surface area contributed by atoms with Crippen molar-refractivity contribution in [3.63, 3.8) is 0 Å². The first kappa shape index (κ1) is 38.8. The highest BCUT2D eigenvalue weighted by atomic mass is 32.2. The van der Waals surface area contributed by atoms with E-state index in [9.17, 15) is 24.3 Å². The topological polar surface area (TPSA) is 136 Å². The molecule has 1 aliphatic carbocycles. The van der Waals surface area contributed by atoms with Crippen LogP contribution in [0, 0.1) is 0 Å². The number of fused-ring (bicyclic) bond motifs is 1. The molecule has 1 heterocycles. The van der Waals surface area contributed by atoms with Gasteiger partial charge in [-0.25, -0.2) is 9.59 Å². The molecule has 1 aromatic heterocycles. The zero-order valence-corrected chi connectivity index (χ0v) is 31.6. The summed E-state index contributed by atoms with van der Waals surface area (Å²) in [5.41, 5.74) is 6.88. The minimum Gasteiger partial charge on any atom is -0.478 e. The van der Waals surface area contributed by atoms with Crippen LogP contribution in [0.2, 0.25) is 0 Å². The fourth-order valence-electron chi connectivity index (χ4n) is 6.07. The molecule has 0 spiro atoms. The van der Waals surface area contributed by atoms with Crippen molar-refractivity contribution in [2.75, 3.05) is 22.0 Å². The van der Waals surface area contributed by atoms with Crippen LogP contribution in [0.1, 0.15) is 89.7 Å². The maximum atomic E-state index is 13.0. The number of rotatable bonds is 13. The highest BCUT2D eigenvalue weighted by Crippen LogP contribution is 2.38. The van der Waals surface area contributed by atoms with Crippen LogP contribution in [0.5, 0.6) is 0 Å². The Morgan fingerprint density at radius 3 is 2.13 bits per heavy atom. The summed E-state index contributed by atoms with van der Waals surface area (Å²) in [5.74, 6) is -1.91. The number of aromatic carboxylic acids is 2. The Bertz CT molecular complexity index is 2060. The van der Waals surface area contributed by atoms with Gasteiger partial charge in [-0.3, -0.25) is 9.59 Å². The fraction of sp³-hybridized carbons (Fsp3) is 0.238. The van der Waals surface area contributed by atoms with Gasteiger partial charge in [0, 0.05) is 34.1 Å². The number of amides is 1. The highest BCUT2D eigenvalue weighted by molar-refractivity contribution is 8.00. The Balaban J connectivity index is 0.000000217. The largest absolute Gasteiger partial charge is 0.478 e. The minimum absolute atomic E-state index is 0.0463. The van der Waals surface area contributed by atoms with Crippen LogP contribution in [0.4, 0.5) is 16.4 Å². The van der Waals surface area contributed by atoms with Crippen molar-refractivity contribution < 1.29 is 29.4 Å². The molecule has 1 amide bonds. The molecular weight excluding hydrogens is 707 g/mol. The third kappa shape index (κ3) is 10.1. The standard InChI is InChI=1S/C25H26N2O3S.C17H17NO3S/c1-26-24-22(20-4-2-3-5-21(20)31-24)23(28)27-19-14-10-17(11-15-19)7-6-16-8-12-18(13-9-16)25(29)30;1-12(2)18(16-9-4-3-8-15(16)17(20)21)22-14-7-5-6-13(10-14)11-19/h8-15,26H,2-7H2,1H3,(H,27,28)(H,29,30);3-12H,1-2H3,(H,20,21). The molecule has 0 atom stereocenters. The normalized spacial score (nSPS) is 11.8. The molecular formula is C42H43N3O6S2. The first-order valence-corrected chi connectivity index (χ1v) is 19.1. The summed E-state index contributed by atoms with van der Waals surface area (Å²) in [5, 5.41) is 25.6. The van der Waals surface area contributed by atoms with E-state index in [2.05, 4.69) is 10.6 Å². The van der Waals surface area contributed by atoms with Gasteiger partial charge < -0.3 is 25.2 Å². The van der Waals surface area contributed by atoms with Crippen molar-refractivity contribution in [2.24, 2.45) is 0 Å². The van der Waals surface area contributed by atoms with Crippen LogP contribution in [0.25, 0.3) is 0 Å². The SMILES string of the molecule is CC(C)N(Sc1cccc(C=O)c1)c1ccccc1C(=O)O.CNc1sc2c(c1C(=O)Nc1ccc(CCc3ccc(C(=O)O)cc3)cc1)CCCC2. The van der Waals surface area contributed by atoms with Crippen molar-refractivity contribution in [2.45, 2.75) is 63.3 Å². The second-order valence-electron chi connectivity index (χ2n) is 12.8. The molecule has 274 valence electrons. The Morgan fingerprint density at radius 1 is 0.849 bits per heavy atom. The number of carboxylic acids is 2. The van der Waals surface area contributed by atoms with Crippen molar-refractivity contribution in [3.05, 3.63) is 141 Å². The van der Waals surface area contributed by atoms with Crippen LogP contribution >= 0.6 is 23.3 Å². The predicted octanol–water partition coefficient (Wildman–Crippen LogP) is 9.52. The lowest BCUT2D eigenvalue weighted by Gasteiger charge is -2.28. The molecule has 0 aliphatic heterocycles. The smallest absolute Gasteiger partial charge is 0.337 e. The third-order valence-electron chi connectivity index (χ3n) is 8.78. The van der Waals surface area contributed by atoms with Crippen LogP contribution in [-0.4, -0.2) is 47.4 Å². The predicted molar refractivity (Wildman–Crippen MR) is 214 cm³/mol. The number of anilines is 3. The molecule has 0 saturated heterocycles. The molecule has 11 heteroatoms. The van der Waals surface area contributed by atoms with Gasteiger partial charge in [0.1, 0.15) is 11.3 Å². The first-order chi connectivity index (χ1) is 25.6. The van der Waals surface area contributed by atoms with Crippen LogP contribution in [0.15, 0.2) is 102 Å². The molecule has 0 unspecified atom stereocenters. The van der Waals surface area contributed by atoms with E-state index in [-0.39, 0.29) is 17.5 Å². The van der Waals surface area contributed by atoms with Gasteiger partial charge in [-0.2, -0.15) is 0 Å². The maximum Gasteiger partial charge on any atom is 0.337 e. The van der Waals surface area contributed by atoms with E-state index in [0.29, 0.717) is 16.8 Å². The van der Waals surface area contributed by atoms with E-state index in [4.69, 9.17) is 5.11 Å². The van der Waals surface area contributed by atoms with Gasteiger partial charge in [0.15, 0.2) is 0 Å². The van der Waals surface area contributed by atoms with Gasteiger partial charge in [0.25, 0.3) is 5.91 Å². The fourth-order valence-corrected chi connectivity index (χ4v) is 8.33. The van der Waals surface area contributed by atoms with Crippen molar-refractivity contribution in [1.82, 2.24) is 0 Å². The second kappa shape index (κ2) is 18.4. The third-order valence-corrected chi connectivity index (χ3v) is 11.4. The number of aldehydes is 1. The zero-order chi connectivity index (χ0) is 37.9. The summed E-state index contributed by atoms with van der Waals surface area (Å²) in [6.45, 7) is 3.99. The second-order valence-corrected chi connectivity index (χ2v) is 15.0. The van der Waals surface area contributed by atoms with Crippen LogP contribution in [-0.2, 0) is 25.7 Å². The van der Waals surface area contributed by atoms with Crippen molar-refractivity contribution in [3.8, 4) is 0 Å². The monoisotopic (exact) mass is 749 g/mol. The molecule has 4 N–H and O–H groups in total. The quantitative estimate of drug-likeness (QED) is 0.0686. The molecule has 9 nitrogen and oxygen atoms in total. The van der Waals surface area contributed by atoms with E-state index in [1.54, 1.807) is 53.8 Å². The molecule has 53 heavy (non-hydrogen) atoms. The van der Waals surface area contributed by atoms with Crippen molar-refractivity contribution in [1.29, 1.82) is 0 Å². The number of para-hydroxylation sites is 1. The summed E-state index contributed by atoms with van der Waals surface area (Å²) >= 11 is 3.13. The summed E-state index contributed by atoms with van der Waals surface area (Å²) in [6.07, 6.45) is 6.86. The number of hydrogen-bond acceptors (Lipinski definition) is 8. The van der Waals surface area contributed by atoms with Crippen LogP contribution in [0.3, 0.4) is 0 Å². The van der Waals surface area contributed by atoms with E-state index < -0.39 is 11.9 Å². The highest BCUT2D eigenvalue weighted by Gasteiger charge is 2.25. The number of nitrogens with one attached hydrogen (secondary N) is 2. The van der Waals surface area contributed by atoms with Crippen LogP contribution < -0.4 is 14.9 Å². The maximum absolute atomic E-state index is 13.0. The van der Waals surface area contributed by atoms with Gasteiger partial charge in [0.2, 0.25) is 0 Å². The van der Waals surface area contributed by atoms with Crippen molar-refractivity contribution >= 4 is 63.8 Å². The zero-order valence-electron chi connectivity index (χ0n) is 29.9. The Morgan fingerprint density at radius 2 is 1.51 bits per heavy atom. The summed E-state index contributed by atoms with van der Waals surface area (Å²) < 4.78 is 1.94. The number of hydrogen-bond donors (Lipinski definition) is 4. The average molecular weight is 750 g/mol. The number of carbonyl (C=O) groups is 4. The Kier molecular flexibility index (Phi) is 13.5. The number of carbonyl (C=O) groups excluding carboxylic acids is 2. The number of aryl methyl sites for hydroxylation is 3. The molecule has 6 rings (SSSR count). The van der Waals surface area contributed by atoms with Gasteiger partial charge in [-0.15, -0.1) is 11.3 Å². The summed E-state index contributed by atoms with van der Waals surface area (Å²) in [7, 11) is 1.87. The summed E-state index contributed by atoms with van der Waals surface area (Å²) in [6, 6.07) is 29.2. The Labute approximate surface area is 318 Å². The molecule has 0 saturated carbocycles. The molecule has 4 aromatic carbocycles. The molecule has 0 radical (unpaired) electrons. The van der Waals surface area contributed by atoms with E-state index in [1.807, 2.05) is 79.8 Å². The van der Waals surface area contributed by atoms with E-state index >= 15 is 0 Å². The summed E-state index contributed by atoms with van der Waals surface area (Å²) in [4.78, 5) is 48.5. The van der Waals surface area contributed by atoms with Gasteiger partial charge in [-0.05, 0) is 130 Å². The lowest BCUT2D eigenvalue weighted by Crippen LogP contribution is -2.25. The lowest BCUT2D eigenvalue weighted by atomic mass is 9.95. The first-order valence-electron chi connectivity index (χ1n) is 17.5. The van der Waals surface area contributed by atoms with Gasteiger partial charge >= 0.3 is 11.9 Å². The van der Waals surface area contributed by atoms with Gasteiger partial charge in [-0.1, -0.05) is 48.5 Å². The Hall–Kier alpha value is -5.39. The molecule has 0 fully saturated rings. The van der Waals surface area contributed by atoms with E-state index in [1.165, 1.54) is 34.4 Å². The number of benzene rings is 4. The molecule has 5 aromatic rings. The number of carboxylic acid groups (broad SMARTS) is 2. The van der Waals surface area contributed by atoms with E-state index in [0.717, 1.165) is 65.1 Å². The minimum atomic E-state index is -0.955.